The van der Waals surface area contributed by atoms with Crippen molar-refractivity contribution in [2.45, 2.75) is 26.8 Å². The van der Waals surface area contributed by atoms with Crippen LogP contribution >= 0.6 is 0 Å². The summed E-state index contributed by atoms with van der Waals surface area (Å²) in [7, 11) is 3.10. The molecule has 1 amide bonds. The van der Waals surface area contributed by atoms with Crippen LogP contribution in [0.15, 0.2) is 66.2 Å². The van der Waals surface area contributed by atoms with E-state index in [-0.39, 0.29) is 11.3 Å². The summed E-state index contributed by atoms with van der Waals surface area (Å²) < 4.78 is 10.9. The fourth-order valence-electron chi connectivity index (χ4n) is 4.56. The summed E-state index contributed by atoms with van der Waals surface area (Å²) in [5.74, 6) is -0.519. The van der Waals surface area contributed by atoms with Crippen molar-refractivity contribution in [2.75, 3.05) is 19.1 Å². The van der Waals surface area contributed by atoms with Crippen LogP contribution in [0.1, 0.15) is 33.9 Å². The summed E-state index contributed by atoms with van der Waals surface area (Å²) >= 11 is 0. The van der Waals surface area contributed by atoms with Gasteiger partial charge >= 0.3 is 0 Å². The smallest absolute Gasteiger partial charge is 0.300 e. The van der Waals surface area contributed by atoms with Crippen molar-refractivity contribution in [1.82, 2.24) is 0 Å². The third-order valence-electron chi connectivity index (χ3n) is 6.03. The number of aliphatic hydroxyl groups excluding tert-OH is 1. The molecule has 1 aliphatic rings. The van der Waals surface area contributed by atoms with Crippen LogP contribution in [0.5, 0.6) is 11.5 Å². The highest BCUT2D eigenvalue weighted by molar-refractivity contribution is 6.51. The zero-order valence-electron chi connectivity index (χ0n) is 19.9. The first-order valence-corrected chi connectivity index (χ1v) is 10.9. The second-order valence-corrected chi connectivity index (χ2v) is 8.44. The molecule has 0 aromatic heterocycles. The number of para-hydroxylation sites is 1. The maximum Gasteiger partial charge on any atom is 0.300 e. The summed E-state index contributed by atoms with van der Waals surface area (Å²) in [5, 5.41) is 11.4. The standard InChI is InChI=1S/C28H27NO5/c1-16-12-17(2)14-20(13-16)29-25(21-8-6-7-9-23(21)34-5)24(27(31)28(29)32)26(30)19-10-11-22(33-4)18(3)15-19/h6-15,25,30H,1-5H3/b26-24+. The molecule has 0 saturated carbocycles. The minimum atomic E-state index is -0.861. The fraction of sp³-hybridized carbons (Fsp3) is 0.214. The van der Waals surface area contributed by atoms with Crippen molar-refractivity contribution in [3.63, 3.8) is 0 Å². The molecule has 6 heteroatoms. The van der Waals surface area contributed by atoms with Crippen LogP contribution < -0.4 is 14.4 Å². The van der Waals surface area contributed by atoms with Gasteiger partial charge in [-0.1, -0.05) is 24.3 Å². The summed E-state index contributed by atoms with van der Waals surface area (Å²) in [6.45, 7) is 5.72. The van der Waals surface area contributed by atoms with Gasteiger partial charge in [0.05, 0.1) is 25.8 Å². The molecule has 6 nitrogen and oxygen atoms in total. The van der Waals surface area contributed by atoms with Gasteiger partial charge in [0.15, 0.2) is 0 Å². The van der Waals surface area contributed by atoms with Crippen LogP contribution in [0.25, 0.3) is 5.76 Å². The van der Waals surface area contributed by atoms with Crippen LogP contribution in [0.2, 0.25) is 0 Å². The fourth-order valence-corrected chi connectivity index (χ4v) is 4.56. The van der Waals surface area contributed by atoms with Crippen LogP contribution in [0.3, 0.4) is 0 Å². The largest absolute Gasteiger partial charge is 0.507 e. The summed E-state index contributed by atoms with van der Waals surface area (Å²) in [4.78, 5) is 28.2. The average molecular weight is 458 g/mol. The lowest BCUT2D eigenvalue weighted by atomic mass is 9.94. The second-order valence-electron chi connectivity index (χ2n) is 8.44. The molecule has 0 bridgehead atoms. The molecular formula is C28H27NO5. The van der Waals surface area contributed by atoms with Gasteiger partial charge in [-0.05, 0) is 73.9 Å². The molecule has 1 N–H and O–H groups in total. The van der Waals surface area contributed by atoms with Crippen LogP contribution in [0, 0.1) is 20.8 Å². The predicted molar refractivity (Wildman–Crippen MR) is 131 cm³/mol. The van der Waals surface area contributed by atoms with E-state index in [0.717, 1.165) is 16.7 Å². The lowest BCUT2D eigenvalue weighted by molar-refractivity contribution is -0.132. The molecule has 34 heavy (non-hydrogen) atoms. The molecule has 1 unspecified atom stereocenters. The number of benzene rings is 3. The third kappa shape index (κ3) is 3.92. The predicted octanol–water partition coefficient (Wildman–Crippen LogP) is 5.26. The number of hydrogen-bond acceptors (Lipinski definition) is 5. The van der Waals surface area contributed by atoms with Gasteiger partial charge in [-0.15, -0.1) is 0 Å². The lowest BCUT2D eigenvalue weighted by Gasteiger charge is -2.27. The van der Waals surface area contributed by atoms with E-state index in [9.17, 15) is 14.7 Å². The van der Waals surface area contributed by atoms with Crippen LogP contribution in [-0.4, -0.2) is 31.0 Å². The normalized spacial score (nSPS) is 17.2. The van der Waals surface area contributed by atoms with E-state index < -0.39 is 17.7 Å². The van der Waals surface area contributed by atoms with Crippen molar-refractivity contribution in [1.29, 1.82) is 0 Å². The number of amides is 1. The van der Waals surface area contributed by atoms with Gasteiger partial charge in [0, 0.05) is 16.8 Å². The lowest BCUT2D eigenvalue weighted by Crippen LogP contribution is -2.29. The first-order chi connectivity index (χ1) is 16.3. The molecule has 0 aliphatic carbocycles. The molecule has 174 valence electrons. The van der Waals surface area contributed by atoms with Crippen LogP contribution in [0.4, 0.5) is 5.69 Å². The number of ketones is 1. The zero-order chi connectivity index (χ0) is 24.6. The highest BCUT2D eigenvalue weighted by Gasteiger charge is 2.48. The number of Topliss-reactive ketones (excluding diaryl/α,β-unsaturated/α-hetero) is 1. The quantitative estimate of drug-likeness (QED) is 0.322. The molecule has 3 aromatic rings. The van der Waals surface area contributed by atoms with Gasteiger partial charge in [-0.3, -0.25) is 14.5 Å². The highest BCUT2D eigenvalue weighted by Crippen LogP contribution is 2.45. The Morgan fingerprint density at radius 1 is 0.853 bits per heavy atom. The molecule has 1 saturated heterocycles. The maximum atomic E-state index is 13.4. The first kappa shape index (κ1) is 23.1. The number of methoxy groups -OCH3 is 2. The SMILES string of the molecule is COc1ccc(/C(O)=C2\C(=O)C(=O)N(c3cc(C)cc(C)c3)C2c2ccccc2OC)cc1C. The minimum absolute atomic E-state index is 0.0122. The van der Waals surface area contributed by atoms with E-state index in [1.807, 2.05) is 51.1 Å². The number of aliphatic hydroxyl groups is 1. The minimum Gasteiger partial charge on any atom is -0.507 e. The molecule has 1 fully saturated rings. The highest BCUT2D eigenvalue weighted by atomic mass is 16.5. The van der Waals surface area contributed by atoms with E-state index in [4.69, 9.17) is 9.47 Å². The topological polar surface area (TPSA) is 76.1 Å². The van der Waals surface area contributed by atoms with Gasteiger partial charge in [0.25, 0.3) is 11.7 Å². The van der Waals surface area contributed by atoms with Gasteiger partial charge in [-0.25, -0.2) is 0 Å². The monoisotopic (exact) mass is 457 g/mol. The first-order valence-electron chi connectivity index (χ1n) is 10.9. The van der Waals surface area contributed by atoms with Gasteiger partial charge in [0.1, 0.15) is 17.3 Å². The number of carbonyl (C=O) groups is 2. The van der Waals surface area contributed by atoms with E-state index in [1.54, 1.807) is 37.4 Å². The number of aryl methyl sites for hydroxylation is 3. The molecule has 1 aliphatic heterocycles. The molecule has 0 radical (unpaired) electrons. The van der Waals surface area contributed by atoms with Crippen molar-refractivity contribution >= 4 is 23.1 Å². The van der Waals surface area contributed by atoms with Gasteiger partial charge in [-0.2, -0.15) is 0 Å². The zero-order valence-corrected chi connectivity index (χ0v) is 19.9. The van der Waals surface area contributed by atoms with Crippen molar-refractivity contribution in [3.05, 3.63) is 94.1 Å². The maximum absolute atomic E-state index is 13.4. The Kier molecular flexibility index (Phi) is 6.16. The Bertz CT molecular complexity index is 1300. The molecule has 3 aromatic carbocycles. The number of ether oxygens (including phenoxy) is 2. The molecule has 1 heterocycles. The molecule has 1 atom stereocenters. The number of rotatable bonds is 5. The van der Waals surface area contributed by atoms with E-state index in [0.29, 0.717) is 28.3 Å². The summed E-state index contributed by atoms with van der Waals surface area (Å²) in [6.07, 6.45) is 0. The Hall–Kier alpha value is -4.06. The molecule has 0 spiro atoms. The Labute approximate surface area is 199 Å². The molecular weight excluding hydrogens is 430 g/mol. The number of nitrogens with zero attached hydrogens (tertiary/aromatic N) is 1. The Balaban J connectivity index is 2.00. The molecule has 4 rings (SSSR count). The van der Waals surface area contributed by atoms with E-state index >= 15 is 0 Å². The Morgan fingerprint density at radius 2 is 1.50 bits per heavy atom. The van der Waals surface area contributed by atoms with E-state index in [1.165, 1.54) is 12.0 Å². The van der Waals surface area contributed by atoms with Crippen LogP contribution in [-0.2, 0) is 9.59 Å². The number of carbonyl (C=O) groups excluding carboxylic acids is 2. The van der Waals surface area contributed by atoms with E-state index in [2.05, 4.69) is 0 Å². The summed E-state index contributed by atoms with van der Waals surface area (Å²) in [6, 6.07) is 17.2. The van der Waals surface area contributed by atoms with Crippen molar-refractivity contribution in [3.8, 4) is 11.5 Å². The third-order valence-corrected chi connectivity index (χ3v) is 6.03. The Morgan fingerprint density at radius 3 is 2.12 bits per heavy atom. The second kappa shape index (κ2) is 9.06. The number of anilines is 1. The van der Waals surface area contributed by atoms with Gasteiger partial charge < -0.3 is 14.6 Å². The van der Waals surface area contributed by atoms with Crippen molar-refractivity contribution < 1.29 is 24.2 Å². The number of hydrogen-bond donors (Lipinski definition) is 1. The van der Waals surface area contributed by atoms with Gasteiger partial charge in [0.2, 0.25) is 0 Å². The summed E-state index contributed by atoms with van der Waals surface area (Å²) in [5.41, 5.74) is 4.34. The average Bonchev–Trinajstić information content (AvgIpc) is 3.08. The van der Waals surface area contributed by atoms with Crippen molar-refractivity contribution in [2.24, 2.45) is 0 Å².